The lowest BCUT2D eigenvalue weighted by molar-refractivity contribution is -0.141. The van der Waals surface area contributed by atoms with Crippen molar-refractivity contribution < 1.29 is 19.4 Å². The van der Waals surface area contributed by atoms with E-state index in [2.05, 4.69) is 26.7 Å². The first-order chi connectivity index (χ1) is 19.5. The number of piperidine rings is 1. The van der Waals surface area contributed by atoms with Gasteiger partial charge in [-0.3, -0.25) is 19.6 Å². The molecule has 1 fully saturated rings. The molecule has 2 atom stereocenters. The van der Waals surface area contributed by atoms with Gasteiger partial charge < -0.3 is 25.4 Å². The van der Waals surface area contributed by atoms with E-state index in [0.29, 0.717) is 50.0 Å². The lowest BCUT2D eigenvalue weighted by Crippen LogP contribution is -2.42. The van der Waals surface area contributed by atoms with Gasteiger partial charge in [0.15, 0.2) is 5.96 Å². The molecule has 0 bridgehead atoms. The maximum absolute atomic E-state index is 13.3. The molecule has 1 aromatic heterocycles. The summed E-state index contributed by atoms with van der Waals surface area (Å²) in [5.74, 6) is 0.962. The van der Waals surface area contributed by atoms with E-state index in [1.165, 1.54) is 7.11 Å². The Bertz CT molecular complexity index is 1370. The monoisotopic (exact) mass is 543 g/mol. The number of hydrogen-bond acceptors (Lipinski definition) is 8. The number of benzene rings is 2. The van der Waals surface area contributed by atoms with Crippen LogP contribution in [0.25, 0.3) is 10.9 Å². The van der Waals surface area contributed by atoms with Crippen molar-refractivity contribution >= 4 is 34.4 Å². The summed E-state index contributed by atoms with van der Waals surface area (Å²) in [6.07, 6.45) is 5.48. The molecule has 1 amide bonds. The fourth-order valence-electron chi connectivity index (χ4n) is 5.51. The summed E-state index contributed by atoms with van der Waals surface area (Å²) in [7, 11) is 1.43. The summed E-state index contributed by atoms with van der Waals surface area (Å²) in [4.78, 5) is 36.3. The Morgan fingerprint density at radius 2 is 1.98 bits per heavy atom. The number of methoxy groups -OCH3 is 1. The predicted molar refractivity (Wildman–Crippen MR) is 155 cm³/mol. The normalized spacial score (nSPS) is 18.5. The van der Waals surface area contributed by atoms with E-state index in [4.69, 9.17) is 4.74 Å². The number of fused-ring (bicyclic) bond motifs is 1. The first kappa shape index (κ1) is 27.6. The number of hydrogen-bond donors (Lipinski definition) is 3. The minimum Gasteiger partial charge on any atom is -0.469 e. The molecule has 0 spiro atoms. The van der Waals surface area contributed by atoms with Crippen LogP contribution in [0.5, 0.6) is 0 Å². The SMILES string of the molecule is COC(=O)CC(CCC1CCN(C(=O)c2cccc(NC3=NCC(O)CN3)c2)CC1)c1cnc2ccccc2c1. The molecule has 210 valence electrons. The number of carbonyl (C=O) groups is 2. The van der Waals surface area contributed by atoms with E-state index in [1.54, 1.807) is 0 Å². The molecule has 1 saturated heterocycles. The van der Waals surface area contributed by atoms with Gasteiger partial charge in [-0.25, -0.2) is 0 Å². The van der Waals surface area contributed by atoms with Gasteiger partial charge in [-0.15, -0.1) is 0 Å². The smallest absolute Gasteiger partial charge is 0.306 e. The molecule has 0 aliphatic carbocycles. The Hall–Kier alpha value is -3.98. The van der Waals surface area contributed by atoms with Crippen molar-refractivity contribution in [1.29, 1.82) is 0 Å². The third kappa shape index (κ3) is 6.96. The van der Waals surface area contributed by atoms with Crippen LogP contribution in [0, 0.1) is 5.92 Å². The molecule has 3 N–H and O–H groups in total. The Balaban J connectivity index is 1.16. The number of nitrogens with zero attached hydrogens (tertiary/aromatic N) is 3. The van der Waals surface area contributed by atoms with Crippen molar-refractivity contribution in [1.82, 2.24) is 15.2 Å². The van der Waals surface area contributed by atoms with Crippen molar-refractivity contribution in [2.24, 2.45) is 10.9 Å². The number of β-amino-alcohol motifs (C(OH)–C–C–N with tert-alkyl or cyclic N) is 1. The second-order valence-corrected chi connectivity index (χ2v) is 10.7. The summed E-state index contributed by atoms with van der Waals surface area (Å²) >= 11 is 0. The Kier molecular flexibility index (Phi) is 8.91. The Morgan fingerprint density at radius 3 is 2.75 bits per heavy atom. The highest BCUT2D eigenvalue weighted by Crippen LogP contribution is 2.32. The topological polar surface area (TPSA) is 116 Å². The van der Waals surface area contributed by atoms with Crippen LogP contribution in [-0.2, 0) is 9.53 Å². The molecule has 2 unspecified atom stereocenters. The van der Waals surface area contributed by atoms with Crippen LogP contribution in [0.2, 0.25) is 0 Å². The van der Waals surface area contributed by atoms with E-state index in [-0.39, 0.29) is 17.8 Å². The maximum Gasteiger partial charge on any atom is 0.306 e. The van der Waals surface area contributed by atoms with E-state index in [1.807, 2.05) is 59.6 Å². The van der Waals surface area contributed by atoms with Gasteiger partial charge in [0.25, 0.3) is 5.91 Å². The zero-order chi connectivity index (χ0) is 27.9. The van der Waals surface area contributed by atoms with E-state index < -0.39 is 6.10 Å². The number of pyridine rings is 1. The van der Waals surface area contributed by atoms with Crippen molar-refractivity contribution in [2.45, 2.75) is 44.1 Å². The summed E-state index contributed by atoms with van der Waals surface area (Å²) in [6, 6.07) is 17.6. The Labute approximate surface area is 234 Å². The summed E-state index contributed by atoms with van der Waals surface area (Å²) in [6.45, 7) is 2.23. The number of rotatable bonds is 8. The molecule has 5 rings (SSSR count). The van der Waals surface area contributed by atoms with Crippen LogP contribution in [0.4, 0.5) is 5.69 Å². The number of amides is 1. The van der Waals surface area contributed by atoms with Crippen LogP contribution >= 0.6 is 0 Å². The number of aliphatic hydroxyl groups is 1. The van der Waals surface area contributed by atoms with Crippen molar-refractivity contribution in [3.8, 4) is 0 Å². The molecule has 3 aromatic rings. The lowest BCUT2D eigenvalue weighted by atomic mass is 9.85. The molecule has 2 aromatic carbocycles. The second-order valence-electron chi connectivity index (χ2n) is 10.7. The molecule has 3 heterocycles. The number of anilines is 1. The standard InChI is InChI=1S/C31H37N5O4/c1-40-29(38)17-22(25-15-23-5-2-3-8-28(23)32-18-25)10-9-21-11-13-36(14-12-21)30(39)24-6-4-7-26(16-24)35-31-33-19-27(37)20-34-31/h2-8,15-16,18,21-22,27,37H,9-14,17,19-20H2,1H3,(H2,33,34,35). The number of aliphatic hydroxyl groups excluding tert-OH is 1. The van der Waals surface area contributed by atoms with Crippen LogP contribution < -0.4 is 10.6 Å². The van der Waals surface area contributed by atoms with Crippen LogP contribution in [0.3, 0.4) is 0 Å². The van der Waals surface area contributed by atoms with Crippen LogP contribution in [-0.4, -0.2) is 72.2 Å². The largest absolute Gasteiger partial charge is 0.469 e. The highest BCUT2D eigenvalue weighted by molar-refractivity contribution is 5.98. The number of para-hydroxylation sites is 1. The first-order valence-electron chi connectivity index (χ1n) is 14.0. The maximum atomic E-state index is 13.3. The zero-order valence-corrected chi connectivity index (χ0v) is 22.9. The fourth-order valence-corrected chi connectivity index (χ4v) is 5.51. The number of esters is 1. The molecule has 0 saturated carbocycles. The average Bonchev–Trinajstić information content (AvgIpc) is 3.00. The number of aromatic nitrogens is 1. The van der Waals surface area contributed by atoms with Crippen molar-refractivity contribution in [3.05, 3.63) is 71.9 Å². The van der Waals surface area contributed by atoms with Crippen molar-refractivity contribution in [3.63, 3.8) is 0 Å². The highest BCUT2D eigenvalue weighted by Gasteiger charge is 2.26. The lowest BCUT2D eigenvalue weighted by Gasteiger charge is -2.33. The number of aliphatic imine (C=N–C) groups is 1. The molecular weight excluding hydrogens is 506 g/mol. The molecule has 2 aliphatic heterocycles. The number of guanidine groups is 1. The van der Waals surface area contributed by atoms with Crippen LogP contribution in [0.15, 0.2) is 65.8 Å². The van der Waals surface area contributed by atoms with E-state index in [0.717, 1.165) is 47.8 Å². The number of carbonyl (C=O) groups excluding carboxylic acids is 2. The molecule has 0 radical (unpaired) electrons. The van der Waals surface area contributed by atoms with Gasteiger partial charge in [0.1, 0.15) is 0 Å². The molecular formula is C31H37N5O4. The van der Waals surface area contributed by atoms with Gasteiger partial charge in [-0.05, 0) is 73.4 Å². The minimum absolute atomic E-state index is 0.0295. The molecule has 2 aliphatic rings. The van der Waals surface area contributed by atoms with Crippen LogP contribution in [0.1, 0.15) is 53.9 Å². The molecule has 9 nitrogen and oxygen atoms in total. The average molecular weight is 544 g/mol. The van der Waals surface area contributed by atoms with Gasteiger partial charge in [-0.2, -0.15) is 0 Å². The predicted octanol–water partition coefficient (Wildman–Crippen LogP) is 3.95. The summed E-state index contributed by atoms with van der Waals surface area (Å²) in [5.41, 5.74) is 3.43. The minimum atomic E-state index is -0.476. The number of ether oxygens (including phenoxy) is 1. The zero-order valence-electron chi connectivity index (χ0n) is 22.9. The van der Waals surface area contributed by atoms with Gasteiger partial charge in [0.2, 0.25) is 0 Å². The van der Waals surface area contributed by atoms with E-state index >= 15 is 0 Å². The second kappa shape index (κ2) is 12.9. The van der Waals surface area contributed by atoms with E-state index in [9.17, 15) is 14.7 Å². The van der Waals surface area contributed by atoms with Gasteiger partial charge in [-0.1, -0.05) is 24.3 Å². The third-order valence-corrected chi connectivity index (χ3v) is 7.89. The fraction of sp³-hybridized carbons (Fsp3) is 0.419. The number of nitrogens with one attached hydrogen (secondary N) is 2. The summed E-state index contributed by atoms with van der Waals surface area (Å²) in [5, 5.41) is 16.9. The quantitative estimate of drug-likeness (QED) is 0.369. The molecule has 40 heavy (non-hydrogen) atoms. The first-order valence-corrected chi connectivity index (χ1v) is 14.0. The third-order valence-electron chi connectivity index (χ3n) is 7.89. The van der Waals surface area contributed by atoms with Gasteiger partial charge in [0.05, 0.1) is 31.7 Å². The van der Waals surface area contributed by atoms with Crippen molar-refractivity contribution in [2.75, 3.05) is 38.6 Å². The summed E-state index contributed by atoms with van der Waals surface area (Å²) < 4.78 is 4.99. The Morgan fingerprint density at radius 1 is 1.15 bits per heavy atom. The number of likely N-dealkylation sites (tertiary alicyclic amines) is 1. The highest BCUT2D eigenvalue weighted by atomic mass is 16.5. The molecule has 9 heteroatoms. The van der Waals surface area contributed by atoms with Gasteiger partial charge in [0, 0.05) is 42.5 Å². The van der Waals surface area contributed by atoms with Gasteiger partial charge >= 0.3 is 5.97 Å².